The lowest BCUT2D eigenvalue weighted by Gasteiger charge is -2.49. The van der Waals surface area contributed by atoms with Crippen molar-refractivity contribution in [3.63, 3.8) is 0 Å². The Labute approximate surface area is 126 Å². The fraction of sp³-hybridized carbons (Fsp3) is 0.812. The third kappa shape index (κ3) is 2.66. The van der Waals surface area contributed by atoms with E-state index < -0.39 is 0 Å². The molecule has 3 nitrogen and oxygen atoms in total. The van der Waals surface area contributed by atoms with Crippen LogP contribution in [0.5, 0.6) is 0 Å². The van der Waals surface area contributed by atoms with E-state index in [0.717, 1.165) is 6.54 Å². The number of nitrogens with one attached hydrogen (secondary N) is 1. The fourth-order valence-electron chi connectivity index (χ4n) is 4.07. The Bertz CT molecular complexity index is 411. The summed E-state index contributed by atoms with van der Waals surface area (Å²) in [5.74, 6) is 0. The Hall–Kier alpha value is -0.450. The minimum atomic E-state index is 0.399. The molecule has 2 fully saturated rings. The molecule has 3 rings (SSSR count). The molecule has 0 radical (unpaired) electrons. The van der Waals surface area contributed by atoms with Gasteiger partial charge in [-0.15, -0.1) is 11.3 Å². The van der Waals surface area contributed by atoms with E-state index in [-0.39, 0.29) is 0 Å². The van der Waals surface area contributed by atoms with Gasteiger partial charge in [-0.05, 0) is 25.7 Å². The predicted octanol–water partition coefficient (Wildman–Crippen LogP) is 3.59. The van der Waals surface area contributed by atoms with Gasteiger partial charge in [-0.1, -0.05) is 26.7 Å². The first kappa shape index (κ1) is 14.5. The fourth-order valence-corrected chi connectivity index (χ4v) is 4.91. The first-order valence-corrected chi connectivity index (χ1v) is 9.06. The molecule has 0 amide bonds. The third-order valence-corrected chi connectivity index (χ3v) is 6.10. The molecule has 20 heavy (non-hydrogen) atoms. The summed E-state index contributed by atoms with van der Waals surface area (Å²) in [6.45, 7) is 6.99. The molecule has 1 saturated carbocycles. The molecule has 2 atom stereocenters. The average molecular weight is 293 g/mol. The van der Waals surface area contributed by atoms with E-state index in [1.165, 1.54) is 50.1 Å². The van der Waals surface area contributed by atoms with E-state index in [1.807, 2.05) is 17.5 Å². The van der Waals surface area contributed by atoms with Crippen molar-refractivity contribution in [1.82, 2.24) is 15.2 Å². The third-order valence-electron chi connectivity index (χ3n) is 5.22. The zero-order valence-corrected chi connectivity index (χ0v) is 13.6. The molecule has 1 aromatic heterocycles. The SMILES string of the molecule is CCC1CNC2(CCCC2)CN1C(CC)c1nccs1. The van der Waals surface area contributed by atoms with Crippen LogP contribution in [0.2, 0.25) is 0 Å². The highest BCUT2D eigenvalue weighted by molar-refractivity contribution is 7.09. The zero-order valence-electron chi connectivity index (χ0n) is 12.8. The summed E-state index contributed by atoms with van der Waals surface area (Å²) in [6.07, 6.45) is 9.85. The van der Waals surface area contributed by atoms with Gasteiger partial charge in [0, 0.05) is 36.2 Å². The van der Waals surface area contributed by atoms with E-state index in [4.69, 9.17) is 0 Å². The number of hydrogen-bond donors (Lipinski definition) is 1. The molecule has 2 unspecified atom stereocenters. The van der Waals surface area contributed by atoms with Gasteiger partial charge in [0.25, 0.3) is 0 Å². The van der Waals surface area contributed by atoms with Gasteiger partial charge in [-0.25, -0.2) is 4.98 Å². The molecule has 1 saturated heterocycles. The van der Waals surface area contributed by atoms with E-state index >= 15 is 0 Å². The molecule has 1 aromatic rings. The van der Waals surface area contributed by atoms with Crippen LogP contribution < -0.4 is 5.32 Å². The van der Waals surface area contributed by atoms with Gasteiger partial charge < -0.3 is 5.32 Å². The lowest BCUT2D eigenvalue weighted by atomic mass is 9.90. The van der Waals surface area contributed by atoms with Crippen molar-refractivity contribution in [2.45, 2.75) is 70.0 Å². The molecular formula is C16H27N3S. The Morgan fingerprint density at radius 1 is 1.45 bits per heavy atom. The van der Waals surface area contributed by atoms with Crippen molar-refractivity contribution < 1.29 is 0 Å². The second-order valence-corrected chi connectivity index (χ2v) is 7.32. The van der Waals surface area contributed by atoms with Crippen LogP contribution in [0, 0.1) is 0 Å². The number of nitrogens with zero attached hydrogens (tertiary/aromatic N) is 2. The van der Waals surface area contributed by atoms with Gasteiger partial charge in [0.2, 0.25) is 0 Å². The summed E-state index contributed by atoms with van der Waals surface area (Å²) in [4.78, 5) is 7.37. The number of rotatable bonds is 4. The number of aromatic nitrogens is 1. The zero-order chi connectivity index (χ0) is 14.0. The van der Waals surface area contributed by atoms with Crippen molar-refractivity contribution in [2.75, 3.05) is 13.1 Å². The topological polar surface area (TPSA) is 28.2 Å². The van der Waals surface area contributed by atoms with Crippen LogP contribution >= 0.6 is 11.3 Å². The maximum absolute atomic E-state index is 4.60. The van der Waals surface area contributed by atoms with Crippen LogP contribution in [-0.2, 0) is 0 Å². The van der Waals surface area contributed by atoms with Crippen molar-refractivity contribution in [1.29, 1.82) is 0 Å². The van der Waals surface area contributed by atoms with Crippen molar-refractivity contribution >= 4 is 11.3 Å². The van der Waals surface area contributed by atoms with E-state index in [2.05, 4.69) is 34.4 Å². The first-order chi connectivity index (χ1) is 9.78. The highest BCUT2D eigenvalue weighted by Gasteiger charge is 2.42. The van der Waals surface area contributed by atoms with Crippen LogP contribution in [0.25, 0.3) is 0 Å². The van der Waals surface area contributed by atoms with Crippen LogP contribution in [-0.4, -0.2) is 34.6 Å². The Kier molecular flexibility index (Phi) is 4.43. The van der Waals surface area contributed by atoms with Gasteiger partial charge in [0.05, 0.1) is 6.04 Å². The van der Waals surface area contributed by atoms with E-state index in [0.29, 0.717) is 17.6 Å². The average Bonchev–Trinajstić information content (AvgIpc) is 3.13. The molecular weight excluding hydrogens is 266 g/mol. The largest absolute Gasteiger partial charge is 0.308 e. The minimum Gasteiger partial charge on any atom is -0.308 e. The monoisotopic (exact) mass is 293 g/mol. The maximum Gasteiger partial charge on any atom is 0.110 e. The molecule has 2 heterocycles. The predicted molar refractivity (Wildman–Crippen MR) is 85.1 cm³/mol. The molecule has 2 aliphatic rings. The van der Waals surface area contributed by atoms with Gasteiger partial charge in [0.1, 0.15) is 5.01 Å². The molecule has 1 aliphatic carbocycles. The van der Waals surface area contributed by atoms with Gasteiger partial charge in [-0.3, -0.25) is 4.90 Å². The number of hydrogen-bond acceptors (Lipinski definition) is 4. The van der Waals surface area contributed by atoms with Gasteiger partial charge >= 0.3 is 0 Å². The minimum absolute atomic E-state index is 0.399. The van der Waals surface area contributed by atoms with Crippen molar-refractivity contribution in [3.8, 4) is 0 Å². The number of piperazine rings is 1. The Morgan fingerprint density at radius 2 is 2.25 bits per heavy atom. The molecule has 1 N–H and O–H groups in total. The second kappa shape index (κ2) is 6.12. The lowest BCUT2D eigenvalue weighted by Crippen LogP contribution is -2.63. The Balaban J connectivity index is 1.82. The van der Waals surface area contributed by atoms with Crippen LogP contribution in [0.1, 0.15) is 63.4 Å². The van der Waals surface area contributed by atoms with Gasteiger partial charge in [-0.2, -0.15) is 0 Å². The van der Waals surface area contributed by atoms with Crippen LogP contribution in [0.3, 0.4) is 0 Å². The first-order valence-electron chi connectivity index (χ1n) is 8.18. The highest BCUT2D eigenvalue weighted by Crippen LogP contribution is 2.38. The van der Waals surface area contributed by atoms with Crippen molar-refractivity contribution in [2.24, 2.45) is 0 Å². The van der Waals surface area contributed by atoms with E-state index in [1.54, 1.807) is 0 Å². The summed E-state index contributed by atoms with van der Waals surface area (Å²) in [7, 11) is 0. The molecule has 0 bridgehead atoms. The smallest absolute Gasteiger partial charge is 0.110 e. The normalized spacial score (nSPS) is 28.0. The molecule has 1 spiro atoms. The molecule has 4 heteroatoms. The van der Waals surface area contributed by atoms with E-state index in [9.17, 15) is 0 Å². The molecule has 112 valence electrons. The quantitative estimate of drug-likeness (QED) is 0.919. The van der Waals surface area contributed by atoms with Gasteiger partial charge in [0.15, 0.2) is 0 Å². The lowest BCUT2D eigenvalue weighted by molar-refractivity contribution is 0.0382. The van der Waals surface area contributed by atoms with Crippen LogP contribution in [0.15, 0.2) is 11.6 Å². The summed E-state index contributed by atoms with van der Waals surface area (Å²) >= 11 is 1.82. The standard InChI is InChI=1S/C16H27N3S/c1-3-13-11-18-16(7-5-6-8-16)12-19(13)14(4-2)15-17-9-10-20-15/h9-10,13-14,18H,3-8,11-12H2,1-2H3. The van der Waals surface area contributed by atoms with Crippen LogP contribution in [0.4, 0.5) is 0 Å². The number of thiazole rings is 1. The Morgan fingerprint density at radius 3 is 2.85 bits per heavy atom. The summed E-state index contributed by atoms with van der Waals surface area (Å²) in [5.41, 5.74) is 0.399. The summed E-state index contributed by atoms with van der Waals surface area (Å²) in [6, 6.07) is 1.18. The molecule has 1 aliphatic heterocycles. The maximum atomic E-state index is 4.60. The molecule has 0 aromatic carbocycles. The summed E-state index contributed by atoms with van der Waals surface area (Å²) in [5, 5.41) is 7.32. The second-order valence-electron chi connectivity index (χ2n) is 6.40. The summed E-state index contributed by atoms with van der Waals surface area (Å²) < 4.78 is 0. The van der Waals surface area contributed by atoms with Crippen molar-refractivity contribution in [3.05, 3.63) is 16.6 Å². The highest BCUT2D eigenvalue weighted by atomic mass is 32.1.